The van der Waals surface area contributed by atoms with Crippen LogP contribution in [0.25, 0.3) is 0 Å². The normalized spacial score (nSPS) is 13.1. The number of ether oxygens (including phenoxy) is 1. The highest BCUT2D eigenvalue weighted by atomic mass is 35.7. The molecule has 0 aliphatic heterocycles. The number of aromatic nitrogens is 2. The molecule has 0 aliphatic carbocycles. The Kier molecular flexibility index (Phi) is 6.67. The number of H-pyrrole nitrogens is 1. The largest absolute Gasteiger partial charge is 0.461 e. The lowest BCUT2D eigenvalue weighted by atomic mass is 10.1. The molecule has 1 atom stereocenters. The van der Waals surface area contributed by atoms with Gasteiger partial charge in [0.25, 0.3) is 9.05 Å². The summed E-state index contributed by atoms with van der Waals surface area (Å²) in [6.07, 6.45) is 3.05. The molecule has 1 N–H and O–H groups in total. The average molecular weight is 337 g/mol. The Hall–Kier alpha value is -1.08. The number of nitrogens with zero attached hydrogens (tertiary/aromatic N) is 1. The molecule has 0 radical (unpaired) electrons. The van der Waals surface area contributed by atoms with E-state index in [1.54, 1.807) is 0 Å². The number of aromatic amines is 1. The van der Waals surface area contributed by atoms with Crippen LogP contribution in [0, 0.1) is 5.92 Å². The zero-order valence-corrected chi connectivity index (χ0v) is 14.1. The molecule has 8 heteroatoms. The van der Waals surface area contributed by atoms with Crippen LogP contribution in [0.2, 0.25) is 0 Å². The van der Waals surface area contributed by atoms with E-state index in [1.165, 1.54) is 0 Å². The first-order chi connectivity index (χ1) is 9.81. The zero-order valence-electron chi connectivity index (χ0n) is 12.5. The van der Waals surface area contributed by atoms with Crippen molar-refractivity contribution in [1.82, 2.24) is 10.2 Å². The molecule has 0 fully saturated rings. The van der Waals surface area contributed by atoms with Gasteiger partial charge in [-0.05, 0) is 18.8 Å². The van der Waals surface area contributed by atoms with Gasteiger partial charge >= 0.3 is 5.97 Å². The maximum atomic E-state index is 12.0. The first-order valence-corrected chi connectivity index (χ1v) is 9.31. The minimum Gasteiger partial charge on any atom is -0.461 e. The van der Waals surface area contributed by atoms with Crippen LogP contribution in [-0.4, -0.2) is 31.2 Å². The summed E-state index contributed by atoms with van der Waals surface area (Å²) in [6.45, 7) is 6.12. The molecule has 6 nitrogen and oxygen atoms in total. The number of hydrogen-bond donors (Lipinski definition) is 1. The highest BCUT2D eigenvalue weighted by Crippen LogP contribution is 2.24. The molecular weight excluding hydrogens is 316 g/mol. The maximum absolute atomic E-state index is 12.0. The molecular formula is C13H21ClN2O4S. The Bertz CT molecular complexity index is 583. The van der Waals surface area contributed by atoms with Crippen molar-refractivity contribution in [2.24, 2.45) is 5.92 Å². The van der Waals surface area contributed by atoms with Gasteiger partial charge in [0.05, 0.1) is 12.3 Å². The first-order valence-electron chi connectivity index (χ1n) is 7.00. The smallest absolute Gasteiger partial charge is 0.360 e. The van der Waals surface area contributed by atoms with Gasteiger partial charge in [-0.1, -0.05) is 33.6 Å². The van der Waals surface area contributed by atoms with Crippen molar-refractivity contribution < 1.29 is 17.9 Å². The second-order valence-corrected chi connectivity index (χ2v) is 7.56. The van der Waals surface area contributed by atoms with Gasteiger partial charge in [0.15, 0.2) is 5.69 Å². The van der Waals surface area contributed by atoms with Gasteiger partial charge in [-0.25, -0.2) is 13.2 Å². The number of hydrogen-bond acceptors (Lipinski definition) is 5. The fourth-order valence-electron chi connectivity index (χ4n) is 2.05. The fraction of sp³-hybridized carbons (Fsp3) is 0.692. The van der Waals surface area contributed by atoms with Crippen molar-refractivity contribution in [1.29, 1.82) is 0 Å². The van der Waals surface area contributed by atoms with Gasteiger partial charge in [-0.2, -0.15) is 5.10 Å². The number of halogens is 1. The molecule has 0 aromatic carbocycles. The molecule has 120 valence electrons. The molecule has 0 bridgehead atoms. The van der Waals surface area contributed by atoms with E-state index in [9.17, 15) is 13.2 Å². The number of esters is 1. The van der Waals surface area contributed by atoms with Crippen molar-refractivity contribution in [3.05, 3.63) is 11.4 Å². The summed E-state index contributed by atoms with van der Waals surface area (Å²) in [7, 11) is 1.35. The number of rotatable bonds is 8. The number of nitrogens with one attached hydrogen (secondary N) is 1. The SMILES string of the molecule is CCCc1[nH]nc(C(=O)OCC(C)CCC)c1S(=O)(=O)Cl. The first kappa shape index (κ1) is 18.0. The van der Waals surface area contributed by atoms with Crippen molar-refractivity contribution in [2.75, 3.05) is 6.61 Å². The van der Waals surface area contributed by atoms with Crippen LogP contribution in [0.15, 0.2) is 4.90 Å². The molecule has 0 saturated heterocycles. The third-order valence-corrected chi connectivity index (χ3v) is 4.40. The minimum atomic E-state index is -4.06. The van der Waals surface area contributed by atoms with Gasteiger partial charge in [0.1, 0.15) is 4.90 Å². The van der Waals surface area contributed by atoms with Gasteiger partial charge in [-0.3, -0.25) is 5.10 Å². The molecule has 0 saturated carbocycles. The molecule has 0 spiro atoms. The van der Waals surface area contributed by atoms with Gasteiger partial charge in [-0.15, -0.1) is 0 Å². The summed E-state index contributed by atoms with van der Waals surface area (Å²) in [5, 5.41) is 6.32. The number of carbonyl (C=O) groups is 1. The molecule has 1 heterocycles. The minimum absolute atomic E-state index is 0.212. The molecule has 21 heavy (non-hydrogen) atoms. The van der Waals surface area contributed by atoms with Crippen LogP contribution in [0.4, 0.5) is 0 Å². The molecule has 0 amide bonds. The van der Waals surface area contributed by atoms with E-state index in [4.69, 9.17) is 15.4 Å². The summed E-state index contributed by atoms with van der Waals surface area (Å²) in [4.78, 5) is 11.7. The van der Waals surface area contributed by atoms with Crippen molar-refractivity contribution in [3.63, 3.8) is 0 Å². The lowest BCUT2D eigenvalue weighted by molar-refractivity contribution is 0.0432. The maximum Gasteiger partial charge on any atom is 0.360 e. The predicted molar refractivity (Wildman–Crippen MR) is 80.0 cm³/mol. The third-order valence-electron chi connectivity index (χ3n) is 3.01. The predicted octanol–water partition coefficient (Wildman–Crippen LogP) is 2.88. The Balaban J connectivity index is 2.94. The second kappa shape index (κ2) is 7.79. The standard InChI is InChI=1S/C13H21ClN2O4S/c1-4-6-9(3)8-20-13(17)11-12(21(14,18)19)10(7-5-2)15-16-11/h9H,4-8H2,1-3H3,(H,15,16). The lowest BCUT2D eigenvalue weighted by Gasteiger charge is -2.10. The number of carbonyl (C=O) groups excluding carboxylic acids is 1. The summed E-state index contributed by atoms with van der Waals surface area (Å²) in [5.74, 6) is -0.556. The lowest BCUT2D eigenvalue weighted by Crippen LogP contribution is -2.14. The quantitative estimate of drug-likeness (QED) is 0.582. The Labute approximate surface area is 129 Å². The summed E-state index contributed by atoms with van der Waals surface area (Å²) < 4.78 is 28.4. The summed E-state index contributed by atoms with van der Waals surface area (Å²) in [5.41, 5.74) is 0.0678. The Morgan fingerprint density at radius 3 is 2.57 bits per heavy atom. The van der Waals surface area contributed by atoms with Crippen molar-refractivity contribution in [2.45, 2.75) is 51.3 Å². The molecule has 1 rings (SSSR count). The van der Waals surface area contributed by atoms with Crippen LogP contribution in [0.1, 0.15) is 56.2 Å². The molecule has 1 aromatic rings. The molecule has 1 aromatic heterocycles. The van der Waals surface area contributed by atoms with Crippen molar-refractivity contribution >= 4 is 25.7 Å². The van der Waals surface area contributed by atoms with Gasteiger partial charge in [0, 0.05) is 10.7 Å². The van der Waals surface area contributed by atoms with Crippen LogP contribution in [-0.2, 0) is 20.2 Å². The Morgan fingerprint density at radius 2 is 2.05 bits per heavy atom. The van der Waals surface area contributed by atoms with Crippen LogP contribution in [0.5, 0.6) is 0 Å². The van der Waals surface area contributed by atoms with E-state index in [0.29, 0.717) is 18.5 Å². The van der Waals surface area contributed by atoms with E-state index in [2.05, 4.69) is 10.2 Å². The van der Waals surface area contributed by atoms with Gasteiger partial charge < -0.3 is 4.74 Å². The number of aryl methyl sites for hydroxylation is 1. The zero-order chi connectivity index (χ0) is 16.0. The Morgan fingerprint density at radius 1 is 1.38 bits per heavy atom. The van der Waals surface area contributed by atoms with E-state index in [-0.39, 0.29) is 23.1 Å². The van der Waals surface area contributed by atoms with Crippen LogP contribution < -0.4 is 0 Å². The second-order valence-electron chi connectivity index (χ2n) is 5.06. The van der Waals surface area contributed by atoms with E-state index < -0.39 is 15.0 Å². The molecule has 1 unspecified atom stereocenters. The monoisotopic (exact) mass is 336 g/mol. The summed E-state index contributed by atoms with van der Waals surface area (Å²) in [6, 6.07) is 0. The topological polar surface area (TPSA) is 89.1 Å². The summed E-state index contributed by atoms with van der Waals surface area (Å²) >= 11 is 0. The van der Waals surface area contributed by atoms with E-state index in [1.807, 2.05) is 20.8 Å². The average Bonchev–Trinajstić information content (AvgIpc) is 2.80. The third kappa shape index (κ3) is 5.00. The van der Waals surface area contributed by atoms with Crippen LogP contribution >= 0.6 is 10.7 Å². The van der Waals surface area contributed by atoms with Gasteiger partial charge in [0.2, 0.25) is 0 Å². The highest BCUT2D eigenvalue weighted by molar-refractivity contribution is 8.13. The van der Waals surface area contributed by atoms with Crippen molar-refractivity contribution in [3.8, 4) is 0 Å². The van der Waals surface area contributed by atoms with E-state index in [0.717, 1.165) is 12.8 Å². The van der Waals surface area contributed by atoms with E-state index >= 15 is 0 Å². The highest BCUT2D eigenvalue weighted by Gasteiger charge is 2.29. The molecule has 0 aliphatic rings. The fourth-order valence-corrected chi connectivity index (χ4v) is 3.35. The van der Waals surface area contributed by atoms with Crippen LogP contribution in [0.3, 0.4) is 0 Å².